The van der Waals surface area contributed by atoms with Gasteiger partial charge in [-0.05, 0) is 45.1 Å². The second-order valence-corrected chi connectivity index (χ2v) is 7.02. The van der Waals surface area contributed by atoms with E-state index in [4.69, 9.17) is 0 Å². The van der Waals surface area contributed by atoms with Gasteiger partial charge in [0.15, 0.2) is 5.65 Å². The van der Waals surface area contributed by atoms with E-state index in [2.05, 4.69) is 44.5 Å². The molecule has 5 rings (SSSR count). The Labute approximate surface area is 150 Å². The Morgan fingerprint density at radius 3 is 2.77 bits per heavy atom. The predicted molar refractivity (Wildman–Crippen MR) is 99.1 cm³/mol. The Hall–Kier alpha value is -3.00. The number of aromatic nitrogens is 6. The number of anilines is 1. The maximum absolute atomic E-state index is 4.61. The molecule has 0 amide bonds. The number of fused-ring (bicyclic) bond motifs is 2. The van der Waals surface area contributed by atoms with Gasteiger partial charge < -0.3 is 10.2 Å². The molecule has 4 heterocycles. The van der Waals surface area contributed by atoms with Crippen LogP contribution >= 0.6 is 0 Å². The average Bonchev–Trinajstić information content (AvgIpc) is 3.22. The van der Waals surface area contributed by atoms with Crippen LogP contribution < -0.4 is 5.32 Å². The number of imidazole rings is 1. The molecule has 0 spiro atoms. The number of hydrogen-bond acceptors (Lipinski definition) is 6. The van der Waals surface area contributed by atoms with Crippen LogP contribution in [0.25, 0.3) is 22.4 Å². The molecular formula is C18H20N8. The molecule has 8 nitrogen and oxygen atoms in total. The van der Waals surface area contributed by atoms with Crippen LogP contribution in [0.2, 0.25) is 0 Å². The summed E-state index contributed by atoms with van der Waals surface area (Å²) in [6.07, 6.45) is 9.63. The largest absolute Gasteiger partial charge is 0.350 e. The number of nitrogens with zero attached hydrogens (tertiary/aromatic N) is 7. The second-order valence-electron chi connectivity index (χ2n) is 7.02. The first-order valence-electron chi connectivity index (χ1n) is 8.75. The van der Waals surface area contributed by atoms with E-state index in [9.17, 15) is 0 Å². The van der Waals surface area contributed by atoms with Crippen molar-refractivity contribution in [1.82, 2.24) is 34.1 Å². The summed E-state index contributed by atoms with van der Waals surface area (Å²) in [6.45, 7) is 0. The Kier molecular flexibility index (Phi) is 3.39. The van der Waals surface area contributed by atoms with E-state index < -0.39 is 0 Å². The van der Waals surface area contributed by atoms with Crippen molar-refractivity contribution in [3.8, 4) is 11.3 Å². The Bertz CT molecular complexity index is 1070. The lowest BCUT2D eigenvalue weighted by Gasteiger charge is -2.39. The predicted octanol–water partition coefficient (Wildman–Crippen LogP) is 1.94. The summed E-state index contributed by atoms with van der Waals surface area (Å²) in [5.74, 6) is 0.667. The molecule has 1 fully saturated rings. The van der Waals surface area contributed by atoms with E-state index in [0.717, 1.165) is 35.3 Å². The highest BCUT2D eigenvalue weighted by molar-refractivity contribution is 5.78. The maximum Gasteiger partial charge on any atom is 0.241 e. The zero-order valence-corrected chi connectivity index (χ0v) is 14.7. The van der Waals surface area contributed by atoms with Gasteiger partial charge >= 0.3 is 0 Å². The van der Waals surface area contributed by atoms with Gasteiger partial charge in [-0.15, -0.1) is 5.10 Å². The fraction of sp³-hybridized carbons (Fsp3) is 0.333. The third-order valence-electron chi connectivity index (χ3n) is 5.12. The highest BCUT2D eigenvalue weighted by atomic mass is 15.3. The van der Waals surface area contributed by atoms with Crippen molar-refractivity contribution >= 4 is 17.1 Å². The minimum atomic E-state index is 0.445. The quantitative estimate of drug-likeness (QED) is 0.607. The van der Waals surface area contributed by atoms with Gasteiger partial charge in [-0.1, -0.05) is 0 Å². The third-order valence-corrected chi connectivity index (χ3v) is 5.12. The first kappa shape index (κ1) is 15.3. The van der Waals surface area contributed by atoms with E-state index in [-0.39, 0.29) is 0 Å². The van der Waals surface area contributed by atoms with E-state index in [1.165, 1.54) is 0 Å². The topological polar surface area (TPSA) is 75.6 Å². The van der Waals surface area contributed by atoms with Gasteiger partial charge in [-0.3, -0.25) is 0 Å². The molecule has 1 aliphatic rings. The Balaban J connectivity index is 1.41. The Morgan fingerprint density at radius 1 is 1.04 bits per heavy atom. The van der Waals surface area contributed by atoms with Crippen LogP contribution in [0.1, 0.15) is 12.8 Å². The van der Waals surface area contributed by atoms with Gasteiger partial charge in [0.25, 0.3) is 0 Å². The minimum absolute atomic E-state index is 0.445. The maximum atomic E-state index is 4.61. The zero-order valence-electron chi connectivity index (χ0n) is 14.7. The normalized spacial score (nSPS) is 20.0. The first-order valence-corrected chi connectivity index (χ1v) is 8.75. The molecule has 0 saturated heterocycles. The van der Waals surface area contributed by atoms with Gasteiger partial charge in [-0.25, -0.2) is 19.0 Å². The SMILES string of the molecule is CN(C)C1CC(Nc2ncc3c(-c4ccc5nccn5n4)ccn3n2)C1. The van der Waals surface area contributed by atoms with Crippen LogP contribution in [0, 0.1) is 0 Å². The van der Waals surface area contributed by atoms with Crippen molar-refractivity contribution in [3.63, 3.8) is 0 Å². The molecule has 1 N–H and O–H groups in total. The number of nitrogens with one attached hydrogen (secondary N) is 1. The average molecular weight is 348 g/mol. The fourth-order valence-corrected chi connectivity index (χ4v) is 3.45. The molecule has 132 valence electrons. The summed E-state index contributed by atoms with van der Waals surface area (Å²) in [6, 6.07) is 7.04. The van der Waals surface area contributed by atoms with E-state index in [1.807, 2.05) is 41.3 Å². The monoisotopic (exact) mass is 348 g/mol. The van der Waals surface area contributed by atoms with Crippen molar-refractivity contribution < 1.29 is 0 Å². The Morgan fingerprint density at radius 2 is 1.92 bits per heavy atom. The van der Waals surface area contributed by atoms with Crippen LogP contribution in [0.15, 0.2) is 43.0 Å². The lowest BCUT2D eigenvalue weighted by Crippen LogP contribution is -2.47. The van der Waals surface area contributed by atoms with Gasteiger partial charge in [0.1, 0.15) is 0 Å². The molecule has 1 aliphatic carbocycles. The van der Waals surface area contributed by atoms with Gasteiger partial charge in [0, 0.05) is 36.2 Å². The summed E-state index contributed by atoms with van der Waals surface area (Å²) < 4.78 is 3.62. The van der Waals surface area contributed by atoms with E-state index in [1.54, 1.807) is 10.7 Å². The molecule has 0 aromatic carbocycles. The second kappa shape index (κ2) is 5.77. The summed E-state index contributed by atoms with van der Waals surface area (Å²) in [5.41, 5.74) is 3.64. The lowest BCUT2D eigenvalue weighted by atomic mass is 9.86. The van der Waals surface area contributed by atoms with Crippen molar-refractivity contribution in [1.29, 1.82) is 0 Å². The van der Waals surface area contributed by atoms with E-state index in [0.29, 0.717) is 18.0 Å². The fourth-order valence-electron chi connectivity index (χ4n) is 3.45. The molecule has 0 aliphatic heterocycles. The van der Waals surface area contributed by atoms with Crippen molar-refractivity contribution in [2.45, 2.75) is 24.9 Å². The summed E-state index contributed by atoms with van der Waals surface area (Å²) >= 11 is 0. The van der Waals surface area contributed by atoms with Gasteiger partial charge in [0.05, 0.1) is 17.4 Å². The number of hydrogen-bond donors (Lipinski definition) is 1. The van der Waals surface area contributed by atoms with Gasteiger partial charge in [-0.2, -0.15) is 5.10 Å². The van der Waals surface area contributed by atoms with Crippen LogP contribution in [0.3, 0.4) is 0 Å². The van der Waals surface area contributed by atoms with E-state index >= 15 is 0 Å². The molecule has 0 bridgehead atoms. The summed E-state index contributed by atoms with van der Waals surface area (Å²) in [5, 5.41) is 12.6. The molecular weight excluding hydrogens is 328 g/mol. The molecule has 26 heavy (non-hydrogen) atoms. The van der Waals surface area contributed by atoms with Crippen LogP contribution in [-0.4, -0.2) is 60.3 Å². The lowest BCUT2D eigenvalue weighted by molar-refractivity contribution is 0.177. The summed E-state index contributed by atoms with van der Waals surface area (Å²) in [4.78, 5) is 11.0. The zero-order chi connectivity index (χ0) is 17.7. The molecule has 8 heteroatoms. The standard InChI is InChI=1S/C18H20N8/c1-24(2)13-9-12(10-13)21-18-20-11-16-14(5-7-25(16)23-18)15-3-4-17-19-6-8-26(17)22-15/h3-8,11-13H,9-10H2,1-2H3,(H,21,23). The number of rotatable bonds is 4. The summed E-state index contributed by atoms with van der Waals surface area (Å²) in [7, 11) is 4.25. The molecule has 0 radical (unpaired) electrons. The van der Waals surface area contributed by atoms with Crippen LogP contribution in [0.5, 0.6) is 0 Å². The molecule has 4 aromatic rings. The smallest absolute Gasteiger partial charge is 0.241 e. The molecule has 1 saturated carbocycles. The van der Waals surface area contributed by atoms with Crippen molar-refractivity contribution in [2.24, 2.45) is 0 Å². The molecule has 4 aromatic heterocycles. The molecule has 0 unspecified atom stereocenters. The highest BCUT2D eigenvalue weighted by Gasteiger charge is 2.30. The van der Waals surface area contributed by atoms with Crippen molar-refractivity contribution in [3.05, 3.63) is 43.0 Å². The van der Waals surface area contributed by atoms with Crippen LogP contribution in [0.4, 0.5) is 5.95 Å². The van der Waals surface area contributed by atoms with Crippen molar-refractivity contribution in [2.75, 3.05) is 19.4 Å². The first-order chi connectivity index (χ1) is 12.7. The van der Waals surface area contributed by atoms with Crippen LogP contribution in [-0.2, 0) is 0 Å². The highest BCUT2D eigenvalue weighted by Crippen LogP contribution is 2.27. The minimum Gasteiger partial charge on any atom is -0.350 e. The van der Waals surface area contributed by atoms with Gasteiger partial charge in [0.2, 0.25) is 5.95 Å². The third kappa shape index (κ3) is 2.50. The molecule has 0 atom stereocenters.